The fraction of sp³-hybridized carbons (Fsp3) is 0.462. The van der Waals surface area contributed by atoms with Gasteiger partial charge in [-0.1, -0.05) is 0 Å². The molecule has 0 aromatic heterocycles. The van der Waals surface area contributed by atoms with Gasteiger partial charge in [0.05, 0.1) is 11.1 Å². The van der Waals surface area contributed by atoms with Crippen LogP contribution in [0.15, 0.2) is 18.2 Å². The maximum Gasteiger partial charge on any atom is 0.255 e. The summed E-state index contributed by atoms with van der Waals surface area (Å²) < 4.78 is 12.8. The van der Waals surface area contributed by atoms with Crippen molar-refractivity contribution >= 4 is 5.91 Å². The van der Waals surface area contributed by atoms with Crippen molar-refractivity contribution in [1.82, 2.24) is 5.32 Å². The highest BCUT2D eigenvalue weighted by molar-refractivity contribution is 5.97. The maximum atomic E-state index is 12.8. The molecule has 0 bridgehead atoms. The van der Waals surface area contributed by atoms with Crippen LogP contribution in [0.2, 0.25) is 0 Å². The molecule has 0 radical (unpaired) electrons. The van der Waals surface area contributed by atoms with Crippen molar-refractivity contribution in [3.63, 3.8) is 0 Å². The zero-order chi connectivity index (χ0) is 13.3. The molecule has 1 aromatic carbocycles. The average Bonchev–Trinajstić information content (AvgIpc) is 3.12. The summed E-state index contributed by atoms with van der Waals surface area (Å²) in [6.07, 6.45) is 2.09. The Kier molecular flexibility index (Phi) is 3.26. The standard InChI is InChI=1S/C13H17FN2O2/c1-13(7-15,8-2-3-8)16-12(18)10-5-4-9(14)6-11(10)17/h4-6,8,17H,2-3,7,15H2,1H3,(H,16,18). The number of halogens is 1. The number of amides is 1. The van der Waals surface area contributed by atoms with Crippen molar-refractivity contribution in [2.75, 3.05) is 6.54 Å². The highest BCUT2D eigenvalue weighted by Crippen LogP contribution is 2.39. The molecule has 1 aromatic rings. The highest BCUT2D eigenvalue weighted by atomic mass is 19.1. The minimum Gasteiger partial charge on any atom is -0.507 e. The molecule has 1 aliphatic carbocycles. The first kappa shape index (κ1) is 12.8. The molecule has 1 saturated carbocycles. The lowest BCUT2D eigenvalue weighted by Crippen LogP contribution is -2.53. The second-order valence-electron chi connectivity index (χ2n) is 5.01. The van der Waals surface area contributed by atoms with Gasteiger partial charge in [-0.05, 0) is 37.8 Å². The number of rotatable bonds is 4. The van der Waals surface area contributed by atoms with Gasteiger partial charge < -0.3 is 16.2 Å². The number of nitrogens with two attached hydrogens (primary N) is 1. The van der Waals surface area contributed by atoms with Gasteiger partial charge >= 0.3 is 0 Å². The van der Waals surface area contributed by atoms with Crippen LogP contribution in [-0.2, 0) is 0 Å². The highest BCUT2D eigenvalue weighted by Gasteiger charge is 2.41. The first-order valence-corrected chi connectivity index (χ1v) is 5.97. The molecule has 0 saturated heterocycles. The first-order valence-electron chi connectivity index (χ1n) is 5.97. The molecule has 0 spiro atoms. The third-order valence-electron chi connectivity index (χ3n) is 3.51. The molecule has 1 fully saturated rings. The summed E-state index contributed by atoms with van der Waals surface area (Å²) >= 11 is 0. The van der Waals surface area contributed by atoms with E-state index in [1.54, 1.807) is 0 Å². The molecule has 98 valence electrons. The molecule has 5 heteroatoms. The third-order valence-corrected chi connectivity index (χ3v) is 3.51. The second-order valence-corrected chi connectivity index (χ2v) is 5.01. The Labute approximate surface area is 105 Å². The molecule has 4 nitrogen and oxygen atoms in total. The molecular formula is C13H17FN2O2. The van der Waals surface area contributed by atoms with Crippen molar-refractivity contribution in [3.05, 3.63) is 29.6 Å². The van der Waals surface area contributed by atoms with Crippen LogP contribution in [0.1, 0.15) is 30.1 Å². The van der Waals surface area contributed by atoms with Crippen molar-refractivity contribution in [1.29, 1.82) is 0 Å². The van der Waals surface area contributed by atoms with Crippen LogP contribution in [0.5, 0.6) is 5.75 Å². The minimum atomic E-state index is -0.576. The van der Waals surface area contributed by atoms with Crippen molar-refractivity contribution < 1.29 is 14.3 Å². The van der Waals surface area contributed by atoms with E-state index in [1.165, 1.54) is 6.07 Å². The molecule has 1 atom stereocenters. The van der Waals surface area contributed by atoms with E-state index < -0.39 is 17.3 Å². The van der Waals surface area contributed by atoms with E-state index in [2.05, 4.69) is 5.32 Å². The van der Waals surface area contributed by atoms with E-state index in [0.29, 0.717) is 12.5 Å². The zero-order valence-corrected chi connectivity index (χ0v) is 10.2. The average molecular weight is 252 g/mol. The predicted octanol–water partition coefficient (Wildman–Crippen LogP) is 1.39. The number of carbonyl (C=O) groups excluding carboxylic acids is 1. The number of benzene rings is 1. The fourth-order valence-corrected chi connectivity index (χ4v) is 2.06. The largest absolute Gasteiger partial charge is 0.507 e. The van der Waals surface area contributed by atoms with E-state index in [4.69, 9.17) is 5.73 Å². The Morgan fingerprint density at radius 1 is 1.61 bits per heavy atom. The smallest absolute Gasteiger partial charge is 0.255 e. The van der Waals surface area contributed by atoms with Gasteiger partial charge in [0.15, 0.2) is 0 Å². The lowest BCUT2D eigenvalue weighted by molar-refractivity contribution is 0.0895. The van der Waals surface area contributed by atoms with Gasteiger partial charge in [0.25, 0.3) is 5.91 Å². The normalized spacial score (nSPS) is 18.2. The topological polar surface area (TPSA) is 75.3 Å². The molecule has 18 heavy (non-hydrogen) atoms. The fourth-order valence-electron chi connectivity index (χ4n) is 2.06. The number of hydrogen-bond donors (Lipinski definition) is 3. The summed E-state index contributed by atoms with van der Waals surface area (Å²) in [6.45, 7) is 2.23. The molecular weight excluding hydrogens is 235 g/mol. The van der Waals surface area contributed by atoms with Crippen LogP contribution in [0.4, 0.5) is 4.39 Å². The van der Waals surface area contributed by atoms with Crippen LogP contribution in [-0.4, -0.2) is 23.1 Å². The maximum absolute atomic E-state index is 12.8. The van der Waals surface area contributed by atoms with Crippen molar-refractivity contribution in [2.45, 2.75) is 25.3 Å². The van der Waals surface area contributed by atoms with Crippen molar-refractivity contribution in [2.24, 2.45) is 11.7 Å². The molecule has 4 N–H and O–H groups in total. The quantitative estimate of drug-likeness (QED) is 0.758. The molecule has 0 heterocycles. The van der Waals surface area contributed by atoms with E-state index >= 15 is 0 Å². The minimum absolute atomic E-state index is 0.0664. The van der Waals surface area contributed by atoms with Crippen LogP contribution < -0.4 is 11.1 Å². The Hall–Kier alpha value is -1.62. The number of hydrogen-bond acceptors (Lipinski definition) is 3. The summed E-state index contributed by atoms with van der Waals surface area (Å²) in [4.78, 5) is 12.0. The van der Waals surface area contributed by atoms with Gasteiger partial charge in [-0.2, -0.15) is 0 Å². The van der Waals surface area contributed by atoms with E-state index in [0.717, 1.165) is 25.0 Å². The lowest BCUT2D eigenvalue weighted by atomic mass is 9.95. The lowest BCUT2D eigenvalue weighted by Gasteiger charge is -2.29. The van der Waals surface area contributed by atoms with Crippen LogP contribution in [0.25, 0.3) is 0 Å². The molecule has 2 rings (SSSR count). The predicted molar refractivity (Wildman–Crippen MR) is 65.7 cm³/mol. The number of nitrogens with one attached hydrogen (secondary N) is 1. The molecule has 1 unspecified atom stereocenters. The van der Waals surface area contributed by atoms with Crippen LogP contribution in [0, 0.1) is 11.7 Å². The summed E-state index contributed by atoms with van der Waals surface area (Å²) in [5, 5.41) is 12.4. The van der Waals surface area contributed by atoms with Gasteiger partial charge in [-0.15, -0.1) is 0 Å². The summed E-state index contributed by atoms with van der Waals surface area (Å²) in [7, 11) is 0. The Balaban J connectivity index is 2.16. The number of aromatic hydroxyl groups is 1. The van der Waals surface area contributed by atoms with Gasteiger partial charge in [-0.25, -0.2) is 4.39 Å². The Bertz CT molecular complexity index is 474. The molecule has 0 aliphatic heterocycles. The van der Waals surface area contributed by atoms with E-state index in [9.17, 15) is 14.3 Å². The van der Waals surface area contributed by atoms with Gasteiger partial charge in [0.2, 0.25) is 0 Å². The van der Waals surface area contributed by atoms with E-state index in [1.807, 2.05) is 6.92 Å². The van der Waals surface area contributed by atoms with Crippen LogP contribution >= 0.6 is 0 Å². The number of phenolic OH excluding ortho intramolecular Hbond substituents is 1. The summed E-state index contributed by atoms with van der Waals surface area (Å²) in [6, 6.07) is 3.33. The Morgan fingerprint density at radius 2 is 2.28 bits per heavy atom. The monoisotopic (exact) mass is 252 g/mol. The number of carbonyl (C=O) groups is 1. The van der Waals surface area contributed by atoms with Gasteiger partial charge in [-0.3, -0.25) is 4.79 Å². The molecule has 1 amide bonds. The van der Waals surface area contributed by atoms with Gasteiger partial charge in [0.1, 0.15) is 11.6 Å². The van der Waals surface area contributed by atoms with Crippen LogP contribution in [0.3, 0.4) is 0 Å². The van der Waals surface area contributed by atoms with Crippen molar-refractivity contribution in [3.8, 4) is 5.75 Å². The summed E-state index contributed by atoms with van der Waals surface area (Å²) in [5.74, 6) is -0.975. The summed E-state index contributed by atoms with van der Waals surface area (Å²) in [5.41, 5.74) is 5.31. The molecule has 1 aliphatic rings. The first-order chi connectivity index (χ1) is 8.46. The number of phenols is 1. The van der Waals surface area contributed by atoms with Gasteiger partial charge in [0, 0.05) is 12.6 Å². The Morgan fingerprint density at radius 3 is 2.78 bits per heavy atom. The SMILES string of the molecule is CC(CN)(NC(=O)c1ccc(F)cc1O)C1CC1. The zero-order valence-electron chi connectivity index (χ0n) is 10.2. The third kappa shape index (κ3) is 2.46. The second kappa shape index (κ2) is 4.57. The van der Waals surface area contributed by atoms with E-state index in [-0.39, 0.29) is 11.3 Å².